The van der Waals surface area contributed by atoms with Crippen LogP contribution in [0.3, 0.4) is 0 Å². The van der Waals surface area contributed by atoms with Crippen LogP contribution in [0.5, 0.6) is 0 Å². The van der Waals surface area contributed by atoms with E-state index < -0.39 is 10.0 Å². The van der Waals surface area contributed by atoms with Crippen molar-refractivity contribution in [2.45, 2.75) is 24.2 Å². The second-order valence-corrected chi connectivity index (χ2v) is 6.95. The molecule has 1 saturated heterocycles. The second kappa shape index (κ2) is 7.06. The first-order valence-corrected chi connectivity index (χ1v) is 8.60. The van der Waals surface area contributed by atoms with Gasteiger partial charge >= 0.3 is 0 Å². The summed E-state index contributed by atoms with van der Waals surface area (Å²) < 4.78 is 25.5. The van der Waals surface area contributed by atoms with Crippen LogP contribution >= 0.6 is 0 Å². The molecule has 1 heterocycles. The predicted molar refractivity (Wildman–Crippen MR) is 81.5 cm³/mol. The van der Waals surface area contributed by atoms with Gasteiger partial charge in [-0.1, -0.05) is 0 Å². The summed E-state index contributed by atoms with van der Waals surface area (Å²) in [5.41, 5.74) is 0.960. The Labute approximate surface area is 121 Å². The fourth-order valence-corrected chi connectivity index (χ4v) is 3.14. The summed E-state index contributed by atoms with van der Waals surface area (Å²) >= 11 is 0. The van der Waals surface area contributed by atoms with E-state index in [1.807, 2.05) is 0 Å². The number of hydrogen-bond acceptors (Lipinski definition) is 4. The number of likely N-dealkylation sites (tertiary alicyclic amines) is 1. The third-order valence-electron chi connectivity index (χ3n) is 3.61. The molecule has 2 rings (SSSR count). The standard InChI is InChI=1S/C14H23N3O2S/c1-15-20(18,19)14-7-5-13(6-8-14)16-9-4-12-17-10-2-3-11-17/h5-8,15-16H,2-4,9-12H2,1H3. The van der Waals surface area contributed by atoms with Gasteiger partial charge < -0.3 is 10.2 Å². The quantitative estimate of drug-likeness (QED) is 0.749. The molecule has 0 aromatic heterocycles. The van der Waals surface area contributed by atoms with Crippen molar-refractivity contribution in [1.29, 1.82) is 0 Å². The second-order valence-electron chi connectivity index (χ2n) is 5.06. The SMILES string of the molecule is CNS(=O)(=O)c1ccc(NCCCN2CCCC2)cc1. The third-order valence-corrected chi connectivity index (χ3v) is 5.04. The van der Waals surface area contributed by atoms with Gasteiger partial charge in [-0.2, -0.15) is 0 Å². The first kappa shape index (κ1) is 15.3. The molecular weight excluding hydrogens is 274 g/mol. The van der Waals surface area contributed by atoms with Crippen LogP contribution in [-0.2, 0) is 10.0 Å². The van der Waals surface area contributed by atoms with E-state index in [1.54, 1.807) is 24.3 Å². The van der Waals surface area contributed by atoms with Gasteiger partial charge in [0.05, 0.1) is 4.90 Å². The molecule has 112 valence electrons. The van der Waals surface area contributed by atoms with Crippen molar-refractivity contribution in [2.75, 3.05) is 38.5 Å². The molecule has 6 heteroatoms. The average Bonchev–Trinajstić information content (AvgIpc) is 2.97. The minimum atomic E-state index is -3.34. The lowest BCUT2D eigenvalue weighted by Crippen LogP contribution is -2.22. The van der Waals surface area contributed by atoms with Crippen LogP contribution in [0, 0.1) is 0 Å². The lowest BCUT2D eigenvalue weighted by atomic mass is 10.3. The van der Waals surface area contributed by atoms with Gasteiger partial charge in [-0.3, -0.25) is 0 Å². The Morgan fingerprint density at radius 3 is 2.40 bits per heavy atom. The maximum atomic E-state index is 11.6. The predicted octanol–water partition coefficient (Wildman–Crippen LogP) is 1.49. The highest BCUT2D eigenvalue weighted by molar-refractivity contribution is 7.89. The van der Waals surface area contributed by atoms with E-state index in [2.05, 4.69) is 14.9 Å². The van der Waals surface area contributed by atoms with E-state index in [0.29, 0.717) is 4.90 Å². The van der Waals surface area contributed by atoms with Gasteiger partial charge in [0.25, 0.3) is 0 Å². The summed E-state index contributed by atoms with van der Waals surface area (Å²) in [5.74, 6) is 0. The van der Waals surface area contributed by atoms with E-state index in [0.717, 1.165) is 25.2 Å². The van der Waals surface area contributed by atoms with Gasteiger partial charge in [-0.25, -0.2) is 13.1 Å². The minimum Gasteiger partial charge on any atom is -0.385 e. The zero-order valence-corrected chi connectivity index (χ0v) is 12.7. The number of rotatable bonds is 7. The summed E-state index contributed by atoms with van der Waals surface area (Å²) in [6.45, 7) is 4.51. The Morgan fingerprint density at radius 1 is 1.15 bits per heavy atom. The van der Waals surface area contributed by atoms with E-state index in [-0.39, 0.29) is 0 Å². The molecule has 0 aliphatic carbocycles. The van der Waals surface area contributed by atoms with Crippen molar-refractivity contribution in [2.24, 2.45) is 0 Å². The number of nitrogens with one attached hydrogen (secondary N) is 2. The maximum absolute atomic E-state index is 11.6. The molecule has 0 unspecified atom stereocenters. The Morgan fingerprint density at radius 2 is 1.80 bits per heavy atom. The van der Waals surface area contributed by atoms with Crippen LogP contribution in [0.1, 0.15) is 19.3 Å². The van der Waals surface area contributed by atoms with Crippen molar-refractivity contribution in [3.8, 4) is 0 Å². The molecule has 1 fully saturated rings. The first-order valence-electron chi connectivity index (χ1n) is 7.12. The molecule has 20 heavy (non-hydrogen) atoms. The molecule has 1 aromatic carbocycles. The van der Waals surface area contributed by atoms with Crippen molar-refractivity contribution >= 4 is 15.7 Å². The first-order chi connectivity index (χ1) is 9.62. The van der Waals surface area contributed by atoms with Gasteiger partial charge in [-0.15, -0.1) is 0 Å². The number of sulfonamides is 1. The Hall–Kier alpha value is -1.11. The zero-order chi connectivity index (χ0) is 14.4. The molecule has 1 aliphatic rings. The summed E-state index contributed by atoms with van der Waals surface area (Å²) in [5, 5.41) is 3.32. The Balaban J connectivity index is 1.76. The number of benzene rings is 1. The van der Waals surface area contributed by atoms with Crippen LogP contribution < -0.4 is 10.0 Å². The van der Waals surface area contributed by atoms with Crippen LogP contribution in [-0.4, -0.2) is 46.5 Å². The Bertz CT molecular complexity index is 508. The number of hydrogen-bond donors (Lipinski definition) is 2. The van der Waals surface area contributed by atoms with Crippen LogP contribution in [0.15, 0.2) is 29.2 Å². The molecule has 5 nitrogen and oxygen atoms in total. The van der Waals surface area contributed by atoms with E-state index in [4.69, 9.17) is 0 Å². The molecule has 2 N–H and O–H groups in total. The van der Waals surface area contributed by atoms with Crippen molar-refractivity contribution in [3.63, 3.8) is 0 Å². The monoisotopic (exact) mass is 297 g/mol. The van der Waals surface area contributed by atoms with Crippen LogP contribution in [0.4, 0.5) is 5.69 Å². The average molecular weight is 297 g/mol. The van der Waals surface area contributed by atoms with Crippen LogP contribution in [0.2, 0.25) is 0 Å². The highest BCUT2D eigenvalue weighted by Gasteiger charge is 2.11. The van der Waals surface area contributed by atoms with E-state index in [9.17, 15) is 8.42 Å². The van der Waals surface area contributed by atoms with Gasteiger partial charge in [0.15, 0.2) is 0 Å². The summed E-state index contributed by atoms with van der Waals surface area (Å²) in [7, 11) is -1.92. The van der Waals surface area contributed by atoms with Gasteiger partial charge in [0.1, 0.15) is 0 Å². The molecule has 1 aliphatic heterocycles. The molecule has 0 saturated carbocycles. The molecular formula is C14H23N3O2S. The third kappa shape index (κ3) is 4.19. The van der Waals surface area contributed by atoms with Gasteiger partial charge in [-0.05, 0) is 70.2 Å². The lowest BCUT2D eigenvalue weighted by Gasteiger charge is -2.14. The topological polar surface area (TPSA) is 61.4 Å². The largest absolute Gasteiger partial charge is 0.385 e. The zero-order valence-electron chi connectivity index (χ0n) is 11.9. The minimum absolute atomic E-state index is 0.294. The molecule has 0 atom stereocenters. The van der Waals surface area contributed by atoms with Crippen molar-refractivity contribution < 1.29 is 8.42 Å². The van der Waals surface area contributed by atoms with E-state index >= 15 is 0 Å². The normalized spacial score (nSPS) is 16.4. The van der Waals surface area contributed by atoms with E-state index in [1.165, 1.54) is 33.0 Å². The fraction of sp³-hybridized carbons (Fsp3) is 0.571. The van der Waals surface area contributed by atoms with Crippen LogP contribution in [0.25, 0.3) is 0 Å². The molecule has 0 amide bonds. The Kier molecular flexibility index (Phi) is 5.39. The molecule has 0 bridgehead atoms. The summed E-state index contributed by atoms with van der Waals surface area (Å²) in [4.78, 5) is 2.78. The van der Waals surface area contributed by atoms with Gasteiger partial charge in [0.2, 0.25) is 10.0 Å². The fourth-order valence-electron chi connectivity index (χ4n) is 2.41. The smallest absolute Gasteiger partial charge is 0.240 e. The van der Waals surface area contributed by atoms with Crippen molar-refractivity contribution in [1.82, 2.24) is 9.62 Å². The number of nitrogens with zero attached hydrogens (tertiary/aromatic N) is 1. The highest BCUT2D eigenvalue weighted by atomic mass is 32.2. The lowest BCUT2D eigenvalue weighted by molar-refractivity contribution is 0.337. The molecule has 1 aromatic rings. The highest BCUT2D eigenvalue weighted by Crippen LogP contribution is 2.14. The molecule has 0 spiro atoms. The summed E-state index contributed by atoms with van der Waals surface area (Å²) in [6.07, 6.45) is 3.76. The maximum Gasteiger partial charge on any atom is 0.240 e. The van der Waals surface area contributed by atoms with Gasteiger partial charge in [0, 0.05) is 12.2 Å². The van der Waals surface area contributed by atoms with Crippen molar-refractivity contribution in [3.05, 3.63) is 24.3 Å². The number of anilines is 1. The molecule has 0 radical (unpaired) electrons. The summed E-state index contributed by atoms with van der Waals surface area (Å²) in [6, 6.07) is 6.85.